The van der Waals surface area contributed by atoms with Crippen molar-refractivity contribution in [3.05, 3.63) is 35.1 Å². The average Bonchev–Trinajstić information content (AvgIpc) is 2.55. The smallest absolute Gasteiger partial charge is 0.416 e. The summed E-state index contributed by atoms with van der Waals surface area (Å²) < 4.78 is 57.8. The number of ether oxygens (including phenoxy) is 1. The standard InChI is InChI=1S/C18H25F4N3O2/c1-17(2,3)27-16(26)25-8-6-24(7-9-25)15(11-23)13-5-4-12(10-14(13)19)18(20,21)22/h4-5,10,15H,6-9,11,23H2,1-3H3. The van der Waals surface area contributed by atoms with Crippen molar-refractivity contribution in [1.82, 2.24) is 9.80 Å². The first-order chi connectivity index (χ1) is 12.4. The van der Waals surface area contributed by atoms with Gasteiger partial charge in [0.25, 0.3) is 0 Å². The molecular weight excluding hydrogens is 366 g/mol. The summed E-state index contributed by atoms with van der Waals surface area (Å²) in [6, 6.07) is 1.93. The van der Waals surface area contributed by atoms with Crippen LogP contribution in [0.5, 0.6) is 0 Å². The van der Waals surface area contributed by atoms with Gasteiger partial charge in [-0.2, -0.15) is 13.2 Å². The zero-order valence-electron chi connectivity index (χ0n) is 15.6. The maximum absolute atomic E-state index is 14.3. The van der Waals surface area contributed by atoms with Crippen molar-refractivity contribution in [3.63, 3.8) is 0 Å². The number of hydrogen-bond donors (Lipinski definition) is 1. The van der Waals surface area contributed by atoms with Crippen LogP contribution in [0.25, 0.3) is 0 Å². The Morgan fingerprint density at radius 2 is 1.78 bits per heavy atom. The summed E-state index contributed by atoms with van der Waals surface area (Å²) >= 11 is 0. The molecule has 5 nitrogen and oxygen atoms in total. The Bertz CT molecular complexity index is 666. The minimum Gasteiger partial charge on any atom is -0.444 e. The second-order valence-electron chi connectivity index (χ2n) is 7.49. The van der Waals surface area contributed by atoms with Gasteiger partial charge in [0, 0.05) is 38.3 Å². The highest BCUT2D eigenvalue weighted by molar-refractivity contribution is 5.68. The van der Waals surface area contributed by atoms with Gasteiger partial charge in [-0.25, -0.2) is 9.18 Å². The van der Waals surface area contributed by atoms with Gasteiger partial charge in [0.05, 0.1) is 11.6 Å². The molecule has 9 heteroatoms. The Labute approximate surface area is 156 Å². The molecule has 2 rings (SSSR count). The first kappa shape index (κ1) is 21.4. The van der Waals surface area contributed by atoms with E-state index in [0.717, 1.165) is 12.1 Å². The van der Waals surface area contributed by atoms with Gasteiger partial charge < -0.3 is 15.4 Å². The van der Waals surface area contributed by atoms with Gasteiger partial charge in [0.15, 0.2) is 0 Å². The first-order valence-electron chi connectivity index (χ1n) is 8.71. The van der Waals surface area contributed by atoms with Gasteiger partial charge in [-0.05, 0) is 32.9 Å². The van der Waals surface area contributed by atoms with Crippen LogP contribution in [0.3, 0.4) is 0 Å². The fourth-order valence-corrected chi connectivity index (χ4v) is 2.99. The molecule has 1 atom stereocenters. The van der Waals surface area contributed by atoms with E-state index in [0.29, 0.717) is 32.2 Å². The molecule has 1 amide bonds. The zero-order chi connectivity index (χ0) is 20.4. The van der Waals surface area contributed by atoms with Crippen LogP contribution in [0.2, 0.25) is 0 Å². The lowest BCUT2D eigenvalue weighted by molar-refractivity contribution is -0.137. The van der Waals surface area contributed by atoms with Gasteiger partial charge >= 0.3 is 12.3 Å². The number of carbonyl (C=O) groups is 1. The molecule has 0 saturated carbocycles. The monoisotopic (exact) mass is 391 g/mol. The lowest BCUT2D eigenvalue weighted by Gasteiger charge is -2.39. The molecule has 1 aromatic carbocycles. The van der Waals surface area contributed by atoms with Crippen molar-refractivity contribution in [1.29, 1.82) is 0 Å². The topological polar surface area (TPSA) is 58.8 Å². The van der Waals surface area contributed by atoms with Crippen molar-refractivity contribution >= 4 is 6.09 Å². The summed E-state index contributed by atoms with van der Waals surface area (Å²) in [7, 11) is 0. The second-order valence-corrected chi connectivity index (χ2v) is 7.49. The molecule has 1 aliphatic heterocycles. The molecule has 0 aromatic heterocycles. The highest BCUT2D eigenvalue weighted by Crippen LogP contribution is 2.32. The van der Waals surface area contributed by atoms with E-state index < -0.39 is 35.3 Å². The number of halogens is 4. The van der Waals surface area contributed by atoms with Crippen molar-refractivity contribution < 1.29 is 27.1 Å². The van der Waals surface area contributed by atoms with Crippen LogP contribution in [0.1, 0.15) is 37.9 Å². The van der Waals surface area contributed by atoms with Crippen LogP contribution in [-0.4, -0.2) is 54.2 Å². The van der Waals surface area contributed by atoms with E-state index in [9.17, 15) is 22.4 Å². The van der Waals surface area contributed by atoms with Crippen LogP contribution in [0, 0.1) is 5.82 Å². The summed E-state index contributed by atoms with van der Waals surface area (Å²) in [5.74, 6) is -0.935. The van der Waals surface area contributed by atoms with Crippen molar-refractivity contribution in [3.8, 4) is 0 Å². The Hall–Kier alpha value is -1.87. The summed E-state index contributed by atoms with van der Waals surface area (Å²) in [5.41, 5.74) is 4.26. The van der Waals surface area contributed by atoms with E-state index in [2.05, 4.69) is 0 Å². The van der Waals surface area contributed by atoms with E-state index in [-0.39, 0.29) is 12.1 Å². The van der Waals surface area contributed by atoms with Gasteiger partial charge in [-0.15, -0.1) is 0 Å². The normalized spacial score (nSPS) is 17.7. The molecule has 0 aliphatic carbocycles. The third-order valence-electron chi connectivity index (χ3n) is 4.32. The van der Waals surface area contributed by atoms with Crippen LogP contribution in [0.15, 0.2) is 18.2 Å². The number of piperazine rings is 1. The Kier molecular flexibility index (Phi) is 6.36. The number of amides is 1. The number of alkyl halides is 3. The van der Waals surface area contributed by atoms with Crippen LogP contribution >= 0.6 is 0 Å². The molecule has 152 valence electrons. The molecule has 1 unspecified atom stereocenters. The summed E-state index contributed by atoms with van der Waals surface area (Å²) in [6.07, 6.45) is -5.02. The number of nitrogens with two attached hydrogens (primary N) is 1. The Morgan fingerprint density at radius 3 is 2.22 bits per heavy atom. The zero-order valence-corrected chi connectivity index (χ0v) is 15.6. The molecule has 1 saturated heterocycles. The largest absolute Gasteiger partial charge is 0.444 e. The maximum atomic E-state index is 14.3. The van der Waals surface area contributed by atoms with E-state index >= 15 is 0 Å². The van der Waals surface area contributed by atoms with Gasteiger partial charge in [-0.3, -0.25) is 4.90 Å². The molecule has 2 N–H and O–H groups in total. The molecule has 27 heavy (non-hydrogen) atoms. The minimum absolute atomic E-state index is 0.0503. The van der Waals surface area contributed by atoms with Crippen molar-refractivity contribution in [2.75, 3.05) is 32.7 Å². The van der Waals surface area contributed by atoms with Gasteiger partial charge in [0.1, 0.15) is 11.4 Å². The van der Waals surface area contributed by atoms with Crippen molar-refractivity contribution in [2.45, 2.75) is 38.6 Å². The average molecular weight is 391 g/mol. The molecule has 1 aromatic rings. The number of hydrogen-bond acceptors (Lipinski definition) is 4. The quantitative estimate of drug-likeness (QED) is 0.803. The summed E-state index contributed by atoms with van der Waals surface area (Å²) in [5, 5.41) is 0. The first-order valence-corrected chi connectivity index (χ1v) is 8.71. The predicted octanol–water partition coefficient (Wildman–Crippen LogP) is 3.40. The molecular formula is C18H25F4N3O2. The molecule has 1 aliphatic rings. The maximum Gasteiger partial charge on any atom is 0.416 e. The van der Waals surface area contributed by atoms with Gasteiger partial charge in [-0.1, -0.05) is 6.07 Å². The lowest BCUT2D eigenvalue weighted by atomic mass is 10.0. The van der Waals surface area contributed by atoms with E-state index in [1.165, 1.54) is 0 Å². The minimum atomic E-state index is -4.60. The van der Waals surface area contributed by atoms with E-state index in [1.807, 2.05) is 4.90 Å². The highest BCUT2D eigenvalue weighted by atomic mass is 19.4. The predicted molar refractivity (Wildman–Crippen MR) is 92.6 cm³/mol. The third kappa shape index (κ3) is 5.55. The van der Waals surface area contributed by atoms with E-state index in [1.54, 1.807) is 25.7 Å². The fourth-order valence-electron chi connectivity index (χ4n) is 2.99. The SMILES string of the molecule is CC(C)(C)OC(=O)N1CCN(C(CN)c2ccc(C(F)(F)F)cc2F)CC1. The molecule has 0 bridgehead atoms. The molecule has 1 heterocycles. The summed E-state index contributed by atoms with van der Waals surface area (Å²) in [6.45, 7) is 6.95. The number of carbonyl (C=O) groups excluding carboxylic acids is 1. The summed E-state index contributed by atoms with van der Waals surface area (Å²) in [4.78, 5) is 15.5. The van der Waals surface area contributed by atoms with Crippen LogP contribution in [0.4, 0.5) is 22.4 Å². The third-order valence-corrected chi connectivity index (χ3v) is 4.32. The fraction of sp³-hybridized carbons (Fsp3) is 0.611. The molecule has 0 spiro atoms. The Balaban J connectivity index is 2.07. The second kappa shape index (κ2) is 8.02. The van der Waals surface area contributed by atoms with Crippen LogP contribution in [-0.2, 0) is 10.9 Å². The number of benzene rings is 1. The highest BCUT2D eigenvalue weighted by Gasteiger charge is 2.33. The van der Waals surface area contributed by atoms with Crippen LogP contribution < -0.4 is 5.73 Å². The molecule has 1 fully saturated rings. The lowest BCUT2D eigenvalue weighted by Crippen LogP contribution is -2.51. The van der Waals surface area contributed by atoms with Crippen molar-refractivity contribution in [2.24, 2.45) is 5.73 Å². The number of nitrogens with zero attached hydrogens (tertiary/aromatic N) is 2. The van der Waals surface area contributed by atoms with E-state index in [4.69, 9.17) is 10.5 Å². The Morgan fingerprint density at radius 1 is 1.19 bits per heavy atom. The van der Waals surface area contributed by atoms with Gasteiger partial charge in [0.2, 0.25) is 0 Å². The molecule has 0 radical (unpaired) electrons. The number of rotatable bonds is 3.